The molecule has 6 heteroatoms. The third-order valence-corrected chi connectivity index (χ3v) is 2.23. The van der Waals surface area contributed by atoms with Crippen molar-refractivity contribution in [3.8, 4) is 0 Å². The molecule has 1 aliphatic heterocycles. The molecule has 0 saturated heterocycles. The number of hydrogen-bond acceptors (Lipinski definition) is 3. The van der Waals surface area contributed by atoms with Gasteiger partial charge in [0, 0.05) is 24.3 Å². The molecule has 0 atom stereocenters. The zero-order chi connectivity index (χ0) is 12.1. The van der Waals surface area contributed by atoms with Crippen LogP contribution in [0.3, 0.4) is 0 Å². The Kier molecular flexibility index (Phi) is 3.18. The summed E-state index contributed by atoms with van der Waals surface area (Å²) in [6.45, 7) is 0.584. The second-order valence-corrected chi connectivity index (χ2v) is 3.35. The smallest absolute Gasteiger partial charge is 0.245 e. The fraction of sp³-hybridized carbons (Fsp3) is 0.0909. The van der Waals surface area contributed by atoms with Gasteiger partial charge in [-0.3, -0.25) is 15.8 Å². The number of hydrogen-bond donors (Lipinski definition) is 2. The molecule has 0 spiro atoms. The molecule has 0 amide bonds. The minimum absolute atomic E-state index is 0.234. The summed E-state index contributed by atoms with van der Waals surface area (Å²) >= 11 is 0. The SMILES string of the molecule is N=C(N=C=O)NN1C=CC(n2cccc2)=CC1. The Labute approximate surface area is 98.0 Å². The standard InChI is InChI=1S/C11H11N5O/c12-11(13-9-17)14-16-7-3-10(4-8-16)15-5-1-2-6-15/h1-7H,8H2,(H2,12,14). The van der Waals surface area contributed by atoms with Crippen LogP contribution >= 0.6 is 0 Å². The lowest BCUT2D eigenvalue weighted by Gasteiger charge is -2.23. The molecular formula is C11H11N5O. The predicted molar refractivity (Wildman–Crippen MR) is 63.5 cm³/mol. The normalized spacial score (nSPS) is 13.9. The molecule has 1 aliphatic rings. The fourth-order valence-corrected chi connectivity index (χ4v) is 1.47. The van der Waals surface area contributed by atoms with E-state index in [0.29, 0.717) is 6.54 Å². The first-order chi connectivity index (χ1) is 8.29. The summed E-state index contributed by atoms with van der Waals surface area (Å²) in [5, 5.41) is 8.92. The highest BCUT2D eigenvalue weighted by Gasteiger charge is 2.06. The summed E-state index contributed by atoms with van der Waals surface area (Å²) in [6.07, 6.45) is 10.9. The second kappa shape index (κ2) is 4.96. The largest absolute Gasteiger partial charge is 0.324 e. The zero-order valence-corrected chi connectivity index (χ0v) is 9.00. The molecule has 6 nitrogen and oxygen atoms in total. The van der Waals surface area contributed by atoms with Crippen molar-refractivity contribution in [3.63, 3.8) is 0 Å². The third-order valence-electron chi connectivity index (χ3n) is 2.23. The summed E-state index contributed by atoms with van der Waals surface area (Å²) in [6, 6.07) is 3.90. The molecule has 1 aromatic rings. The minimum Gasteiger partial charge on any atom is -0.324 e. The van der Waals surface area contributed by atoms with E-state index in [2.05, 4.69) is 10.4 Å². The van der Waals surface area contributed by atoms with Crippen molar-refractivity contribution in [1.29, 1.82) is 5.41 Å². The molecule has 86 valence electrons. The van der Waals surface area contributed by atoms with Gasteiger partial charge in [-0.2, -0.15) is 0 Å². The van der Waals surface area contributed by atoms with Crippen molar-refractivity contribution >= 4 is 17.7 Å². The third kappa shape index (κ3) is 2.70. The van der Waals surface area contributed by atoms with Crippen LogP contribution in [0.25, 0.3) is 5.70 Å². The Balaban J connectivity index is 1.96. The molecule has 2 heterocycles. The van der Waals surface area contributed by atoms with Gasteiger partial charge >= 0.3 is 0 Å². The summed E-state index contributed by atoms with van der Waals surface area (Å²) in [5.74, 6) is -0.234. The average molecular weight is 229 g/mol. The highest BCUT2D eigenvalue weighted by molar-refractivity contribution is 5.81. The highest BCUT2D eigenvalue weighted by Crippen LogP contribution is 2.11. The molecule has 0 radical (unpaired) electrons. The Morgan fingerprint density at radius 2 is 2.24 bits per heavy atom. The Morgan fingerprint density at radius 1 is 1.47 bits per heavy atom. The summed E-state index contributed by atoms with van der Waals surface area (Å²) in [5.41, 5.74) is 3.69. The number of guanidine groups is 1. The maximum atomic E-state index is 9.94. The van der Waals surface area contributed by atoms with Gasteiger partial charge in [0.15, 0.2) is 0 Å². The number of allylic oxidation sites excluding steroid dienone is 2. The molecule has 2 rings (SSSR count). The molecule has 0 aliphatic carbocycles. The lowest BCUT2D eigenvalue weighted by molar-refractivity contribution is 0.363. The topological polar surface area (TPSA) is 73.5 Å². The second-order valence-electron chi connectivity index (χ2n) is 3.35. The number of aliphatic imine (C=N–C) groups is 1. The van der Waals surface area contributed by atoms with Gasteiger partial charge in [-0.15, -0.1) is 4.99 Å². The van der Waals surface area contributed by atoms with E-state index in [1.54, 1.807) is 11.2 Å². The van der Waals surface area contributed by atoms with Gasteiger partial charge in [0.05, 0.1) is 6.54 Å². The van der Waals surface area contributed by atoms with Crippen molar-refractivity contribution in [2.75, 3.05) is 6.54 Å². The molecule has 0 bridgehead atoms. The van der Waals surface area contributed by atoms with E-state index >= 15 is 0 Å². The number of isocyanates is 1. The molecule has 0 unspecified atom stereocenters. The van der Waals surface area contributed by atoms with Gasteiger partial charge in [0.2, 0.25) is 12.0 Å². The van der Waals surface area contributed by atoms with Crippen LogP contribution in [0.2, 0.25) is 0 Å². The van der Waals surface area contributed by atoms with Crippen LogP contribution in [-0.2, 0) is 4.79 Å². The van der Waals surface area contributed by atoms with E-state index in [0.717, 1.165) is 5.70 Å². The Hall–Kier alpha value is -2.59. The van der Waals surface area contributed by atoms with Crippen LogP contribution in [0, 0.1) is 5.41 Å². The summed E-state index contributed by atoms with van der Waals surface area (Å²) < 4.78 is 1.99. The van der Waals surface area contributed by atoms with Gasteiger partial charge in [-0.05, 0) is 24.3 Å². The van der Waals surface area contributed by atoms with E-state index in [1.807, 2.05) is 41.2 Å². The number of aromatic nitrogens is 1. The molecular weight excluding hydrogens is 218 g/mol. The van der Waals surface area contributed by atoms with Crippen molar-refractivity contribution in [2.45, 2.75) is 0 Å². The van der Waals surface area contributed by atoms with E-state index in [-0.39, 0.29) is 5.96 Å². The van der Waals surface area contributed by atoms with E-state index < -0.39 is 0 Å². The van der Waals surface area contributed by atoms with Crippen LogP contribution in [0.15, 0.2) is 47.9 Å². The van der Waals surface area contributed by atoms with Gasteiger partial charge in [0.1, 0.15) is 0 Å². The highest BCUT2D eigenvalue weighted by atomic mass is 16.1. The molecule has 0 aromatic carbocycles. The van der Waals surface area contributed by atoms with Gasteiger partial charge in [0.25, 0.3) is 0 Å². The van der Waals surface area contributed by atoms with Crippen LogP contribution in [-0.4, -0.2) is 28.2 Å². The number of nitrogens with zero attached hydrogens (tertiary/aromatic N) is 3. The minimum atomic E-state index is -0.234. The number of hydrazine groups is 1. The van der Waals surface area contributed by atoms with E-state index in [1.165, 1.54) is 6.08 Å². The first-order valence-corrected chi connectivity index (χ1v) is 5.01. The number of carbonyl (C=O) groups excluding carboxylic acids is 1. The van der Waals surface area contributed by atoms with Gasteiger partial charge < -0.3 is 4.57 Å². The molecule has 0 saturated carbocycles. The van der Waals surface area contributed by atoms with Crippen LogP contribution in [0.5, 0.6) is 0 Å². The van der Waals surface area contributed by atoms with Crippen molar-refractivity contribution in [2.24, 2.45) is 4.99 Å². The quantitative estimate of drug-likeness (QED) is 0.450. The van der Waals surface area contributed by atoms with Gasteiger partial charge in [-0.1, -0.05) is 0 Å². The lowest BCUT2D eigenvalue weighted by atomic mass is 10.3. The Bertz CT molecular complexity index is 508. The van der Waals surface area contributed by atoms with Crippen LogP contribution in [0.4, 0.5) is 0 Å². The number of rotatable bonds is 2. The lowest BCUT2D eigenvalue weighted by Crippen LogP contribution is -2.38. The van der Waals surface area contributed by atoms with Crippen molar-refractivity contribution < 1.29 is 4.79 Å². The average Bonchev–Trinajstić information content (AvgIpc) is 2.84. The maximum Gasteiger partial charge on any atom is 0.245 e. The molecule has 0 fully saturated rings. The summed E-state index contributed by atoms with van der Waals surface area (Å²) in [4.78, 5) is 13.1. The van der Waals surface area contributed by atoms with Crippen LogP contribution in [0.1, 0.15) is 0 Å². The zero-order valence-electron chi connectivity index (χ0n) is 9.00. The van der Waals surface area contributed by atoms with Crippen LogP contribution < -0.4 is 5.43 Å². The molecule has 17 heavy (non-hydrogen) atoms. The molecule has 1 aromatic heterocycles. The maximum absolute atomic E-state index is 9.94. The Morgan fingerprint density at radius 3 is 2.82 bits per heavy atom. The van der Waals surface area contributed by atoms with Crippen molar-refractivity contribution in [3.05, 3.63) is 42.9 Å². The van der Waals surface area contributed by atoms with Gasteiger partial charge in [-0.25, -0.2) is 4.79 Å². The van der Waals surface area contributed by atoms with Crippen molar-refractivity contribution in [1.82, 2.24) is 15.0 Å². The van der Waals surface area contributed by atoms with E-state index in [9.17, 15) is 4.79 Å². The summed E-state index contributed by atoms with van der Waals surface area (Å²) in [7, 11) is 0. The van der Waals surface area contributed by atoms with E-state index in [4.69, 9.17) is 5.41 Å². The molecule has 2 N–H and O–H groups in total. The first-order valence-electron chi connectivity index (χ1n) is 5.01. The monoisotopic (exact) mass is 229 g/mol. The fourth-order valence-electron chi connectivity index (χ4n) is 1.47. The predicted octanol–water partition coefficient (Wildman–Crippen LogP) is 0.933. The number of nitrogens with one attached hydrogen (secondary N) is 2. The first kappa shape index (κ1) is 10.9.